The van der Waals surface area contributed by atoms with E-state index < -0.39 is 0 Å². The number of hydrogen-bond acceptors (Lipinski definition) is 5. The van der Waals surface area contributed by atoms with Crippen molar-refractivity contribution in [1.29, 1.82) is 0 Å². The number of Topliss-reactive ketones (excluding diaryl/α,β-unsaturated/α-hetero) is 1. The number of aromatic nitrogens is 2. The van der Waals surface area contributed by atoms with Gasteiger partial charge in [-0.15, -0.1) is 0 Å². The highest BCUT2D eigenvalue weighted by Gasteiger charge is 2.08. The third-order valence-electron chi connectivity index (χ3n) is 4.26. The highest BCUT2D eigenvalue weighted by molar-refractivity contribution is 5.95. The lowest BCUT2D eigenvalue weighted by Gasteiger charge is -2.10. The van der Waals surface area contributed by atoms with Crippen LogP contribution in [0.25, 0.3) is 11.4 Å². The Balaban J connectivity index is 1.71. The predicted molar refractivity (Wildman–Crippen MR) is 107 cm³/mol. The average Bonchev–Trinajstić information content (AvgIpc) is 2.68. The fraction of sp³-hybridized carbons (Fsp3) is 0.227. The normalized spacial score (nSPS) is 10.5. The maximum atomic E-state index is 11.6. The summed E-state index contributed by atoms with van der Waals surface area (Å²) in [6.45, 7) is 4.26. The molecular formula is C22H23N3O2. The monoisotopic (exact) mass is 361 g/mol. The molecule has 0 aliphatic heterocycles. The molecule has 0 spiro atoms. The molecule has 0 aliphatic carbocycles. The number of ketones is 1. The summed E-state index contributed by atoms with van der Waals surface area (Å²) in [5.74, 6) is 2.28. The van der Waals surface area contributed by atoms with Crippen molar-refractivity contribution < 1.29 is 9.53 Å². The Labute approximate surface area is 159 Å². The molecule has 0 amide bonds. The van der Waals surface area contributed by atoms with E-state index in [-0.39, 0.29) is 5.78 Å². The average molecular weight is 361 g/mol. The molecule has 1 aromatic heterocycles. The van der Waals surface area contributed by atoms with Gasteiger partial charge in [-0.25, -0.2) is 9.97 Å². The van der Waals surface area contributed by atoms with Crippen LogP contribution in [0, 0.1) is 6.92 Å². The van der Waals surface area contributed by atoms with Gasteiger partial charge < -0.3 is 10.1 Å². The van der Waals surface area contributed by atoms with E-state index in [1.807, 2.05) is 43.3 Å². The van der Waals surface area contributed by atoms with Crippen molar-refractivity contribution in [2.24, 2.45) is 0 Å². The number of carbonyl (C=O) groups is 1. The quantitative estimate of drug-likeness (QED) is 0.635. The van der Waals surface area contributed by atoms with E-state index in [0.717, 1.165) is 35.8 Å². The Bertz CT molecular complexity index is 937. The SMILES string of the molecule is COc1ccc(CCNc2cc(C)nc(-c3cccc(C(C)=O)c3)n2)cc1. The first-order valence-electron chi connectivity index (χ1n) is 8.89. The maximum Gasteiger partial charge on any atom is 0.161 e. The Morgan fingerprint density at radius 1 is 1.07 bits per heavy atom. The van der Waals surface area contributed by atoms with E-state index in [0.29, 0.717) is 11.4 Å². The standard InChI is InChI=1S/C22H23N3O2/c1-15-13-21(23-12-11-17-7-9-20(27-3)10-8-17)25-22(24-15)19-6-4-5-18(14-19)16(2)26/h4-10,13-14H,11-12H2,1-3H3,(H,23,24,25). The summed E-state index contributed by atoms with van der Waals surface area (Å²) in [7, 11) is 1.66. The zero-order valence-electron chi connectivity index (χ0n) is 15.8. The van der Waals surface area contributed by atoms with Crippen molar-refractivity contribution in [3.8, 4) is 17.1 Å². The molecule has 1 heterocycles. The number of hydrogen-bond donors (Lipinski definition) is 1. The molecule has 3 rings (SSSR count). The summed E-state index contributed by atoms with van der Waals surface area (Å²) in [6, 6.07) is 17.4. The van der Waals surface area contributed by atoms with Gasteiger partial charge in [-0.2, -0.15) is 0 Å². The van der Waals surface area contributed by atoms with Crippen LogP contribution in [0.4, 0.5) is 5.82 Å². The van der Waals surface area contributed by atoms with Crippen molar-refractivity contribution in [1.82, 2.24) is 9.97 Å². The van der Waals surface area contributed by atoms with Crippen molar-refractivity contribution in [2.75, 3.05) is 19.0 Å². The minimum atomic E-state index is 0.0299. The topological polar surface area (TPSA) is 64.1 Å². The molecule has 0 fully saturated rings. The lowest BCUT2D eigenvalue weighted by atomic mass is 10.1. The minimum absolute atomic E-state index is 0.0299. The van der Waals surface area contributed by atoms with Crippen LogP contribution in [-0.2, 0) is 6.42 Å². The predicted octanol–water partition coefficient (Wildman–Crippen LogP) is 4.32. The summed E-state index contributed by atoms with van der Waals surface area (Å²) >= 11 is 0. The molecule has 0 bridgehead atoms. The van der Waals surface area contributed by atoms with Crippen LogP contribution >= 0.6 is 0 Å². The number of nitrogens with zero attached hydrogens (tertiary/aromatic N) is 2. The number of anilines is 1. The van der Waals surface area contributed by atoms with Crippen LogP contribution in [0.2, 0.25) is 0 Å². The molecule has 5 nitrogen and oxygen atoms in total. The van der Waals surface area contributed by atoms with E-state index in [2.05, 4.69) is 27.4 Å². The second kappa shape index (κ2) is 8.45. The smallest absolute Gasteiger partial charge is 0.161 e. The van der Waals surface area contributed by atoms with Crippen LogP contribution in [0.5, 0.6) is 5.75 Å². The van der Waals surface area contributed by atoms with Gasteiger partial charge in [-0.3, -0.25) is 4.79 Å². The zero-order chi connectivity index (χ0) is 19.2. The molecule has 27 heavy (non-hydrogen) atoms. The largest absolute Gasteiger partial charge is 0.497 e. The Hall–Kier alpha value is -3.21. The van der Waals surface area contributed by atoms with Gasteiger partial charge in [0.1, 0.15) is 11.6 Å². The van der Waals surface area contributed by atoms with Crippen molar-refractivity contribution in [3.63, 3.8) is 0 Å². The highest BCUT2D eigenvalue weighted by Crippen LogP contribution is 2.20. The van der Waals surface area contributed by atoms with Gasteiger partial charge in [0.15, 0.2) is 11.6 Å². The third kappa shape index (κ3) is 4.91. The molecule has 0 saturated carbocycles. The van der Waals surface area contributed by atoms with Crippen LogP contribution < -0.4 is 10.1 Å². The minimum Gasteiger partial charge on any atom is -0.497 e. The molecule has 0 saturated heterocycles. The number of rotatable bonds is 7. The molecular weight excluding hydrogens is 338 g/mol. The van der Waals surface area contributed by atoms with E-state index in [9.17, 15) is 4.79 Å². The second-order valence-corrected chi connectivity index (χ2v) is 6.38. The Morgan fingerprint density at radius 3 is 2.56 bits per heavy atom. The molecule has 0 aliphatic rings. The maximum absolute atomic E-state index is 11.6. The molecule has 0 atom stereocenters. The summed E-state index contributed by atoms with van der Waals surface area (Å²) in [5, 5.41) is 3.36. The first kappa shape index (κ1) is 18.6. The number of nitrogens with one attached hydrogen (secondary N) is 1. The van der Waals surface area contributed by atoms with Gasteiger partial charge >= 0.3 is 0 Å². The first-order valence-corrected chi connectivity index (χ1v) is 8.89. The fourth-order valence-electron chi connectivity index (χ4n) is 2.79. The van der Waals surface area contributed by atoms with Gasteiger partial charge in [0, 0.05) is 29.4 Å². The number of benzene rings is 2. The van der Waals surface area contributed by atoms with Crippen LogP contribution in [0.3, 0.4) is 0 Å². The lowest BCUT2D eigenvalue weighted by molar-refractivity contribution is 0.101. The van der Waals surface area contributed by atoms with E-state index in [1.54, 1.807) is 20.1 Å². The Morgan fingerprint density at radius 2 is 1.85 bits per heavy atom. The summed E-state index contributed by atoms with van der Waals surface area (Å²) in [4.78, 5) is 20.7. The summed E-state index contributed by atoms with van der Waals surface area (Å²) in [6.07, 6.45) is 0.877. The van der Waals surface area contributed by atoms with E-state index >= 15 is 0 Å². The molecule has 0 radical (unpaired) electrons. The van der Waals surface area contributed by atoms with E-state index in [4.69, 9.17) is 4.74 Å². The highest BCUT2D eigenvalue weighted by atomic mass is 16.5. The van der Waals surface area contributed by atoms with Gasteiger partial charge in [0.05, 0.1) is 7.11 Å². The lowest BCUT2D eigenvalue weighted by Crippen LogP contribution is -2.08. The van der Waals surface area contributed by atoms with Crippen molar-refractivity contribution >= 4 is 11.6 Å². The van der Waals surface area contributed by atoms with Crippen molar-refractivity contribution in [3.05, 3.63) is 71.4 Å². The van der Waals surface area contributed by atoms with Gasteiger partial charge in [0.25, 0.3) is 0 Å². The first-order chi connectivity index (χ1) is 13.0. The molecule has 138 valence electrons. The molecule has 0 unspecified atom stereocenters. The number of aryl methyl sites for hydroxylation is 1. The van der Waals surface area contributed by atoms with Crippen LogP contribution in [-0.4, -0.2) is 29.4 Å². The van der Waals surface area contributed by atoms with Crippen LogP contribution in [0.1, 0.15) is 28.5 Å². The zero-order valence-corrected chi connectivity index (χ0v) is 15.8. The van der Waals surface area contributed by atoms with E-state index in [1.165, 1.54) is 5.56 Å². The number of ether oxygens (including phenoxy) is 1. The van der Waals surface area contributed by atoms with Gasteiger partial charge in [-0.1, -0.05) is 30.3 Å². The summed E-state index contributed by atoms with van der Waals surface area (Å²) in [5.41, 5.74) is 3.60. The number of carbonyl (C=O) groups excluding carboxylic acids is 1. The fourth-order valence-corrected chi connectivity index (χ4v) is 2.79. The second-order valence-electron chi connectivity index (χ2n) is 6.38. The van der Waals surface area contributed by atoms with Crippen LogP contribution in [0.15, 0.2) is 54.6 Å². The van der Waals surface area contributed by atoms with Gasteiger partial charge in [0.2, 0.25) is 0 Å². The van der Waals surface area contributed by atoms with Gasteiger partial charge in [-0.05, 0) is 44.0 Å². The molecule has 1 N–H and O–H groups in total. The Kier molecular flexibility index (Phi) is 5.81. The molecule has 5 heteroatoms. The van der Waals surface area contributed by atoms with Crippen molar-refractivity contribution in [2.45, 2.75) is 20.3 Å². The summed E-state index contributed by atoms with van der Waals surface area (Å²) < 4.78 is 5.18. The molecule has 2 aromatic carbocycles. The number of methoxy groups -OCH3 is 1. The molecule has 3 aromatic rings. The third-order valence-corrected chi connectivity index (χ3v) is 4.26.